The molecule has 0 N–H and O–H groups in total. The lowest BCUT2D eigenvalue weighted by Crippen LogP contribution is -2.10. The maximum absolute atomic E-state index is 13.9. The Labute approximate surface area is 123 Å². The molecule has 7 nitrogen and oxygen atoms in total. The summed E-state index contributed by atoms with van der Waals surface area (Å²) in [7, 11) is 0. The van der Waals surface area contributed by atoms with Gasteiger partial charge in [0.1, 0.15) is 5.69 Å². The van der Waals surface area contributed by atoms with Crippen molar-refractivity contribution in [1.82, 2.24) is 14.8 Å². The average Bonchev–Trinajstić information content (AvgIpc) is 2.68. The molecule has 0 saturated heterocycles. The number of alkyl halides is 2. The Morgan fingerprint density at radius 1 is 1.48 bits per heavy atom. The molecule has 0 aliphatic heterocycles. The van der Waals surface area contributed by atoms with Gasteiger partial charge in [-0.15, -0.1) is 5.10 Å². The third-order valence-electron chi connectivity index (χ3n) is 2.32. The second-order valence-corrected chi connectivity index (χ2v) is 4.60. The van der Waals surface area contributed by atoms with Crippen molar-refractivity contribution in [1.29, 1.82) is 0 Å². The summed E-state index contributed by atoms with van der Waals surface area (Å²) in [6.45, 7) is -1.82. The molecule has 11 heteroatoms. The van der Waals surface area contributed by atoms with Crippen LogP contribution in [0.2, 0.25) is 0 Å². The fraction of sp³-hybridized carbons (Fsp3) is 0.200. The topological polar surface area (TPSA) is 83.1 Å². The van der Waals surface area contributed by atoms with Crippen LogP contribution in [-0.4, -0.2) is 26.3 Å². The van der Waals surface area contributed by atoms with E-state index in [1.165, 1.54) is 6.92 Å². The third-order valence-corrected chi connectivity index (χ3v) is 2.95. The molecule has 0 aliphatic rings. The fourth-order valence-corrected chi connectivity index (χ4v) is 2.00. The molecule has 0 radical (unpaired) electrons. The van der Waals surface area contributed by atoms with Crippen molar-refractivity contribution in [3.63, 3.8) is 0 Å². The molecule has 1 aromatic carbocycles. The van der Waals surface area contributed by atoms with E-state index >= 15 is 0 Å². The van der Waals surface area contributed by atoms with Crippen LogP contribution in [-0.2, 0) is 0 Å². The van der Waals surface area contributed by atoms with Gasteiger partial charge in [0.15, 0.2) is 11.6 Å². The smallest absolute Gasteiger partial charge is 0.389 e. The monoisotopic (exact) mass is 366 g/mol. The number of rotatable bonds is 4. The molecule has 2 rings (SSSR count). The molecule has 0 amide bonds. The molecule has 0 atom stereocenters. The highest BCUT2D eigenvalue weighted by molar-refractivity contribution is 9.10. The number of nitro benzene ring substituents is 1. The van der Waals surface area contributed by atoms with Crippen LogP contribution < -0.4 is 4.74 Å². The third kappa shape index (κ3) is 3.12. The van der Waals surface area contributed by atoms with Crippen molar-refractivity contribution < 1.29 is 22.8 Å². The fourth-order valence-electron chi connectivity index (χ4n) is 1.54. The predicted molar refractivity (Wildman–Crippen MR) is 67.0 cm³/mol. The van der Waals surface area contributed by atoms with E-state index in [1.807, 2.05) is 0 Å². The van der Waals surface area contributed by atoms with Crippen molar-refractivity contribution in [3.8, 4) is 11.7 Å². The summed E-state index contributed by atoms with van der Waals surface area (Å²) in [5, 5.41) is 14.5. The molecule has 0 unspecified atom stereocenters. The molecular formula is C10H6BrF3N4O3. The van der Waals surface area contributed by atoms with Gasteiger partial charge in [-0.3, -0.25) is 10.1 Å². The van der Waals surface area contributed by atoms with Crippen LogP contribution in [0.5, 0.6) is 6.01 Å². The van der Waals surface area contributed by atoms with Crippen molar-refractivity contribution in [3.05, 3.63) is 38.4 Å². The number of hydrogen-bond donors (Lipinski definition) is 0. The minimum Gasteiger partial charge on any atom is -0.401 e. The Kier molecular flexibility index (Phi) is 4.11. The van der Waals surface area contributed by atoms with Gasteiger partial charge in [-0.05, 0) is 28.9 Å². The summed E-state index contributed by atoms with van der Waals surface area (Å²) in [6, 6.07) is 1.00. The zero-order valence-electron chi connectivity index (χ0n) is 10.3. The number of hydrogen-bond acceptors (Lipinski definition) is 5. The van der Waals surface area contributed by atoms with Gasteiger partial charge in [0.25, 0.3) is 5.69 Å². The largest absolute Gasteiger partial charge is 0.401 e. The first-order valence-corrected chi connectivity index (χ1v) is 6.11. The van der Waals surface area contributed by atoms with E-state index < -0.39 is 34.7 Å². The Hall–Kier alpha value is -2.17. The van der Waals surface area contributed by atoms with E-state index in [2.05, 4.69) is 30.7 Å². The highest BCUT2D eigenvalue weighted by Crippen LogP contribution is 2.31. The average molecular weight is 367 g/mol. The SMILES string of the molecule is Cc1nc(OC(F)F)n(-c2cc([N+](=O)[O-])c(Br)cc2F)n1. The first-order chi connectivity index (χ1) is 9.79. The molecule has 21 heavy (non-hydrogen) atoms. The lowest BCUT2D eigenvalue weighted by atomic mass is 10.2. The van der Waals surface area contributed by atoms with Gasteiger partial charge in [-0.2, -0.15) is 18.4 Å². The lowest BCUT2D eigenvalue weighted by Gasteiger charge is -2.08. The molecule has 0 fully saturated rings. The second kappa shape index (κ2) is 5.68. The number of aryl methyl sites for hydroxylation is 1. The molecule has 2 aromatic rings. The highest BCUT2D eigenvalue weighted by Gasteiger charge is 2.22. The Bertz CT molecular complexity index is 707. The molecule has 0 bridgehead atoms. The maximum atomic E-state index is 13.9. The molecular weight excluding hydrogens is 361 g/mol. The zero-order chi connectivity index (χ0) is 15.7. The van der Waals surface area contributed by atoms with Crippen LogP contribution in [0, 0.1) is 22.9 Å². The Morgan fingerprint density at radius 2 is 2.14 bits per heavy atom. The first kappa shape index (κ1) is 15.2. The molecule has 1 aromatic heterocycles. The Balaban J connectivity index is 2.61. The van der Waals surface area contributed by atoms with Crippen LogP contribution >= 0.6 is 15.9 Å². The number of nitro groups is 1. The quantitative estimate of drug-likeness (QED) is 0.613. The summed E-state index contributed by atoms with van der Waals surface area (Å²) in [5.41, 5.74) is -0.885. The first-order valence-electron chi connectivity index (χ1n) is 5.32. The van der Waals surface area contributed by atoms with Crippen molar-refractivity contribution in [2.45, 2.75) is 13.5 Å². The van der Waals surface area contributed by atoms with E-state index in [0.29, 0.717) is 4.68 Å². The lowest BCUT2D eigenvalue weighted by molar-refractivity contribution is -0.385. The van der Waals surface area contributed by atoms with E-state index in [9.17, 15) is 23.3 Å². The summed E-state index contributed by atoms with van der Waals surface area (Å²) < 4.78 is 43.1. The molecule has 0 spiro atoms. The zero-order valence-corrected chi connectivity index (χ0v) is 11.8. The highest BCUT2D eigenvalue weighted by atomic mass is 79.9. The van der Waals surface area contributed by atoms with Gasteiger partial charge in [0.2, 0.25) is 0 Å². The van der Waals surface area contributed by atoms with Gasteiger partial charge in [0, 0.05) is 6.07 Å². The molecule has 0 saturated carbocycles. The van der Waals surface area contributed by atoms with Gasteiger partial charge in [-0.1, -0.05) is 0 Å². The summed E-state index contributed by atoms with van der Waals surface area (Å²) in [5.74, 6) is -0.882. The van der Waals surface area contributed by atoms with E-state index in [-0.39, 0.29) is 10.3 Å². The van der Waals surface area contributed by atoms with Crippen molar-refractivity contribution >= 4 is 21.6 Å². The van der Waals surface area contributed by atoms with Gasteiger partial charge in [-0.25, -0.2) is 4.39 Å². The standard InChI is InChI=1S/C10H6BrF3N4O3/c1-4-15-10(21-9(13)14)17(16-4)8-3-7(18(19)20)5(11)2-6(8)12/h2-3,9H,1H3. The number of nitrogens with zero attached hydrogens (tertiary/aromatic N) is 4. The van der Waals surface area contributed by atoms with Crippen molar-refractivity contribution in [2.24, 2.45) is 0 Å². The van der Waals surface area contributed by atoms with Crippen LogP contribution in [0.4, 0.5) is 18.9 Å². The van der Waals surface area contributed by atoms with E-state index in [4.69, 9.17) is 0 Å². The number of halogens is 4. The second-order valence-electron chi connectivity index (χ2n) is 3.74. The number of benzene rings is 1. The summed E-state index contributed by atoms with van der Waals surface area (Å²) >= 11 is 2.84. The summed E-state index contributed by atoms with van der Waals surface area (Å²) in [4.78, 5) is 13.6. The number of aromatic nitrogens is 3. The van der Waals surface area contributed by atoms with Crippen molar-refractivity contribution in [2.75, 3.05) is 0 Å². The molecule has 1 heterocycles. The normalized spacial score (nSPS) is 11.0. The van der Waals surface area contributed by atoms with Crippen LogP contribution in [0.15, 0.2) is 16.6 Å². The van der Waals surface area contributed by atoms with E-state index in [1.54, 1.807) is 0 Å². The number of ether oxygens (including phenoxy) is 1. The van der Waals surface area contributed by atoms with Crippen LogP contribution in [0.25, 0.3) is 5.69 Å². The van der Waals surface area contributed by atoms with Gasteiger partial charge in [0.05, 0.1) is 9.40 Å². The minimum absolute atomic E-state index is 0.0376. The van der Waals surface area contributed by atoms with Crippen LogP contribution in [0.1, 0.15) is 5.82 Å². The van der Waals surface area contributed by atoms with E-state index in [0.717, 1.165) is 12.1 Å². The maximum Gasteiger partial charge on any atom is 0.389 e. The minimum atomic E-state index is -3.19. The Morgan fingerprint density at radius 3 is 2.71 bits per heavy atom. The summed E-state index contributed by atoms with van der Waals surface area (Å²) in [6.07, 6.45) is 0. The van der Waals surface area contributed by atoms with Gasteiger partial charge < -0.3 is 4.74 Å². The molecule has 112 valence electrons. The molecule has 0 aliphatic carbocycles. The predicted octanol–water partition coefficient (Wildman–Crippen LogP) is 2.99. The van der Waals surface area contributed by atoms with Crippen LogP contribution in [0.3, 0.4) is 0 Å². The van der Waals surface area contributed by atoms with Gasteiger partial charge >= 0.3 is 12.6 Å².